The zero-order chi connectivity index (χ0) is 13.0. The van der Waals surface area contributed by atoms with E-state index >= 15 is 0 Å². The third-order valence-electron chi connectivity index (χ3n) is 4.39. The van der Waals surface area contributed by atoms with Gasteiger partial charge in [0.05, 0.1) is 5.92 Å². The van der Waals surface area contributed by atoms with Crippen molar-refractivity contribution in [3.63, 3.8) is 0 Å². The van der Waals surface area contributed by atoms with E-state index in [0.717, 1.165) is 51.9 Å². The standard InChI is InChI=1S/C14H26N2O2/c1-16(10-11-6-8-18-9-7-11)14(17)12-4-2-3-5-13(12)15/h11-13H,2-10,15H2,1H3. The molecule has 1 aliphatic heterocycles. The van der Waals surface area contributed by atoms with Gasteiger partial charge in [0.15, 0.2) is 0 Å². The first-order valence-corrected chi connectivity index (χ1v) is 7.27. The van der Waals surface area contributed by atoms with Crippen LogP contribution in [0.4, 0.5) is 0 Å². The first-order valence-electron chi connectivity index (χ1n) is 7.27. The van der Waals surface area contributed by atoms with E-state index in [1.165, 1.54) is 6.42 Å². The maximum Gasteiger partial charge on any atom is 0.226 e. The lowest BCUT2D eigenvalue weighted by molar-refractivity contribution is -0.136. The fraction of sp³-hybridized carbons (Fsp3) is 0.929. The molecule has 2 fully saturated rings. The van der Waals surface area contributed by atoms with Gasteiger partial charge in [0.2, 0.25) is 5.91 Å². The quantitative estimate of drug-likeness (QED) is 0.828. The van der Waals surface area contributed by atoms with E-state index in [-0.39, 0.29) is 17.9 Å². The second-order valence-corrected chi connectivity index (χ2v) is 5.83. The molecule has 1 heterocycles. The zero-order valence-corrected chi connectivity index (χ0v) is 11.4. The van der Waals surface area contributed by atoms with Crippen LogP contribution in [-0.2, 0) is 9.53 Å². The summed E-state index contributed by atoms with van der Waals surface area (Å²) in [6, 6.07) is 0.0726. The summed E-state index contributed by atoms with van der Waals surface area (Å²) in [7, 11) is 1.93. The fourth-order valence-electron chi connectivity index (χ4n) is 3.16. The van der Waals surface area contributed by atoms with Gasteiger partial charge in [-0.05, 0) is 31.6 Å². The van der Waals surface area contributed by atoms with E-state index in [4.69, 9.17) is 10.5 Å². The molecule has 2 aliphatic rings. The fourth-order valence-corrected chi connectivity index (χ4v) is 3.16. The molecule has 0 radical (unpaired) electrons. The second kappa shape index (κ2) is 6.53. The highest BCUT2D eigenvalue weighted by atomic mass is 16.5. The third kappa shape index (κ3) is 3.45. The largest absolute Gasteiger partial charge is 0.381 e. The monoisotopic (exact) mass is 254 g/mol. The van der Waals surface area contributed by atoms with E-state index in [0.29, 0.717) is 5.92 Å². The molecule has 2 unspecified atom stereocenters. The lowest BCUT2D eigenvalue weighted by atomic mass is 9.84. The number of ether oxygens (including phenoxy) is 1. The van der Waals surface area contributed by atoms with Gasteiger partial charge in [-0.1, -0.05) is 12.8 Å². The Bertz CT molecular complexity index is 277. The van der Waals surface area contributed by atoms with Gasteiger partial charge in [0.1, 0.15) is 0 Å². The molecule has 104 valence electrons. The first-order chi connectivity index (χ1) is 8.68. The number of carbonyl (C=O) groups is 1. The van der Waals surface area contributed by atoms with E-state index in [1.807, 2.05) is 11.9 Å². The number of rotatable bonds is 3. The van der Waals surface area contributed by atoms with E-state index in [1.54, 1.807) is 0 Å². The van der Waals surface area contributed by atoms with Crippen LogP contribution in [-0.4, -0.2) is 43.7 Å². The molecule has 1 saturated heterocycles. The molecular formula is C14H26N2O2. The summed E-state index contributed by atoms with van der Waals surface area (Å²) in [6.07, 6.45) is 6.45. The van der Waals surface area contributed by atoms with E-state index in [9.17, 15) is 4.79 Å². The minimum absolute atomic E-state index is 0.0589. The second-order valence-electron chi connectivity index (χ2n) is 5.83. The molecule has 1 amide bonds. The minimum atomic E-state index is 0.0589. The molecular weight excluding hydrogens is 228 g/mol. The molecule has 18 heavy (non-hydrogen) atoms. The molecule has 4 nitrogen and oxygen atoms in total. The van der Waals surface area contributed by atoms with Crippen LogP contribution in [0.1, 0.15) is 38.5 Å². The highest BCUT2D eigenvalue weighted by Gasteiger charge is 2.31. The summed E-state index contributed by atoms with van der Waals surface area (Å²) in [4.78, 5) is 14.3. The molecule has 0 aromatic heterocycles. The summed E-state index contributed by atoms with van der Waals surface area (Å²) in [5.74, 6) is 0.921. The molecule has 1 aliphatic carbocycles. The van der Waals surface area contributed by atoms with Gasteiger partial charge in [0, 0.05) is 32.8 Å². The van der Waals surface area contributed by atoms with Crippen molar-refractivity contribution < 1.29 is 9.53 Å². The van der Waals surface area contributed by atoms with Crippen molar-refractivity contribution in [2.75, 3.05) is 26.8 Å². The number of nitrogens with zero attached hydrogens (tertiary/aromatic N) is 1. The molecule has 0 spiro atoms. The zero-order valence-electron chi connectivity index (χ0n) is 11.4. The van der Waals surface area contributed by atoms with Gasteiger partial charge in [-0.25, -0.2) is 0 Å². The normalized spacial score (nSPS) is 30.1. The lowest BCUT2D eigenvalue weighted by Gasteiger charge is -2.33. The summed E-state index contributed by atoms with van der Waals surface area (Å²) in [5.41, 5.74) is 6.08. The SMILES string of the molecule is CN(CC1CCOCC1)C(=O)C1CCCCC1N. The van der Waals surface area contributed by atoms with Crippen molar-refractivity contribution in [3.8, 4) is 0 Å². The maximum atomic E-state index is 12.4. The minimum Gasteiger partial charge on any atom is -0.381 e. The third-order valence-corrected chi connectivity index (χ3v) is 4.39. The summed E-state index contributed by atoms with van der Waals surface area (Å²) < 4.78 is 5.35. The van der Waals surface area contributed by atoms with Crippen molar-refractivity contribution in [1.29, 1.82) is 0 Å². The maximum absolute atomic E-state index is 12.4. The Labute approximate surface area is 110 Å². The highest BCUT2D eigenvalue weighted by molar-refractivity contribution is 5.79. The number of hydrogen-bond donors (Lipinski definition) is 1. The van der Waals surface area contributed by atoms with Gasteiger partial charge in [-0.15, -0.1) is 0 Å². The van der Waals surface area contributed by atoms with Crippen LogP contribution in [0.15, 0.2) is 0 Å². The van der Waals surface area contributed by atoms with Gasteiger partial charge in [-0.2, -0.15) is 0 Å². The van der Waals surface area contributed by atoms with Crippen molar-refractivity contribution in [2.45, 2.75) is 44.6 Å². The Hall–Kier alpha value is -0.610. The Morgan fingerprint density at radius 3 is 2.56 bits per heavy atom. The predicted octanol–water partition coefficient (Wildman–Crippen LogP) is 1.39. The molecule has 0 bridgehead atoms. The number of carbonyl (C=O) groups excluding carboxylic acids is 1. The Kier molecular flexibility index (Phi) is 5.01. The van der Waals surface area contributed by atoms with E-state index in [2.05, 4.69) is 0 Å². The summed E-state index contributed by atoms with van der Waals surface area (Å²) >= 11 is 0. The summed E-state index contributed by atoms with van der Waals surface area (Å²) in [6.45, 7) is 2.55. The van der Waals surface area contributed by atoms with Crippen LogP contribution in [0.3, 0.4) is 0 Å². The molecule has 0 aromatic rings. The van der Waals surface area contributed by atoms with Gasteiger partial charge in [0.25, 0.3) is 0 Å². The molecule has 2 N–H and O–H groups in total. The number of hydrogen-bond acceptors (Lipinski definition) is 3. The molecule has 2 rings (SSSR count). The lowest BCUT2D eigenvalue weighted by Crippen LogP contribution is -2.46. The topological polar surface area (TPSA) is 55.6 Å². The van der Waals surface area contributed by atoms with Gasteiger partial charge >= 0.3 is 0 Å². The first kappa shape index (κ1) is 13.8. The van der Waals surface area contributed by atoms with E-state index < -0.39 is 0 Å². The predicted molar refractivity (Wildman–Crippen MR) is 71.1 cm³/mol. The van der Waals surface area contributed by atoms with Crippen molar-refractivity contribution in [3.05, 3.63) is 0 Å². The van der Waals surface area contributed by atoms with Crippen molar-refractivity contribution in [1.82, 2.24) is 4.90 Å². The molecule has 0 aromatic carbocycles. The van der Waals surface area contributed by atoms with Crippen LogP contribution in [0.2, 0.25) is 0 Å². The molecule has 1 saturated carbocycles. The smallest absolute Gasteiger partial charge is 0.226 e. The van der Waals surface area contributed by atoms with Crippen LogP contribution in [0.5, 0.6) is 0 Å². The number of nitrogens with two attached hydrogens (primary N) is 1. The van der Waals surface area contributed by atoms with Crippen LogP contribution in [0.25, 0.3) is 0 Å². The Morgan fingerprint density at radius 1 is 1.22 bits per heavy atom. The van der Waals surface area contributed by atoms with Crippen LogP contribution >= 0.6 is 0 Å². The van der Waals surface area contributed by atoms with Crippen molar-refractivity contribution in [2.24, 2.45) is 17.6 Å². The van der Waals surface area contributed by atoms with Crippen LogP contribution < -0.4 is 5.73 Å². The van der Waals surface area contributed by atoms with Gasteiger partial charge < -0.3 is 15.4 Å². The summed E-state index contributed by atoms with van der Waals surface area (Å²) in [5, 5.41) is 0. The van der Waals surface area contributed by atoms with Gasteiger partial charge in [-0.3, -0.25) is 4.79 Å². The Morgan fingerprint density at radius 2 is 1.89 bits per heavy atom. The van der Waals surface area contributed by atoms with Crippen molar-refractivity contribution >= 4 is 5.91 Å². The number of amides is 1. The average Bonchev–Trinajstić information content (AvgIpc) is 2.39. The van der Waals surface area contributed by atoms with Crippen LogP contribution in [0, 0.1) is 11.8 Å². The molecule has 2 atom stereocenters. The average molecular weight is 254 g/mol. The highest BCUT2D eigenvalue weighted by Crippen LogP contribution is 2.25. The molecule has 4 heteroatoms. The Balaban J connectivity index is 1.83.